The molecule has 0 unspecified atom stereocenters. The van der Waals surface area contributed by atoms with Crippen LogP contribution in [0, 0.1) is 17.6 Å². The third kappa shape index (κ3) is 3.54. The van der Waals surface area contributed by atoms with E-state index in [0.29, 0.717) is 24.3 Å². The van der Waals surface area contributed by atoms with Crippen molar-refractivity contribution >= 4 is 22.5 Å². The Morgan fingerprint density at radius 1 is 1.04 bits per heavy atom. The molecule has 2 aromatic carbocycles. The van der Waals surface area contributed by atoms with Crippen molar-refractivity contribution in [2.75, 3.05) is 25.0 Å². The van der Waals surface area contributed by atoms with E-state index in [1.807, 2.05) is 6.07 Å². The first-order valence-electron chi connectivity index (χ1n) is 9.38. The van der Waals surface area contributed by atoms with Crippen LogP contribution in [-0.2, 0) is 4.79 Å². The Morgan fingerprint density at radius 3 is 2.39 bits per heavy atom. The summed E-state index contributed by atoms with van der Waals surface area (Å²) < 4.78 is 27.2. The standard InChI is InChI=1S/C22H21F2N3O/c1-25-22(28)15-8-10-27(11-9-15)21-13-20(14-2-4-16(23)5-3-14)26-19-7-6-17(24)12-18(19)21/h2-7,12-13,15H,8-11H2,1H3,(H,25,28). The van der Waals surface area contributed by atoms with E-state index in [9.17, 15) is 13.6 Å². The number of hydrogen-bond acceptors (Lipinski definition) is 3. The summed E-state index contributed by atoms with van der Waals surface area (Å²) in [4.78, 5) is 18.7. The van der Waals surface area contributed by atoms with Crippen molar-refractivity contribution < 1.29 is 13.6 Å². The number of piperidine rings is 1. The smallest absolute Gasteiger partial charge is 0.222 e. The zero-order valence-corrected chi connectivity index (χ0v) is 15.6. The molecule has 4 rings (SSSR count). The summed E-state index contributed by atoms with van der Waals surface area (Å²) in [5.74, 6) is -0.548. The van der Waals surface area contributed by atoms with Crippen molar-refractivity contribution in [2.24, 2.45) is 5.92 Å². The lowest BCUT2D eigenvalue weighted by molar-refractivity contribution is -0.125. The van der Waals surface area contributed by atoms with Gasteiger partial charge in [-0.2, -0.15) is 0 Å². The molecule has 4 nitrogen and oxygen atoms in total. The number of nitrogens with one attached hydrogen (secondary N) is 1. The number of amides is 1. The van der Waals surface area contributed by atoms with Gasteiger partial charge in [-0.25, -0.2) is 13.8 Å². The van der Waals surface area contributed by atoms with Crippen molar-refractivity contribution in [1.82, 2.24) is 10.3 Å². The molecule has 1 amide bonds. The van der Waals surface area contributed by atoms with Crippen LogP contribution in [0.4, 0.5) is 14.5 Å². The molecule has 0 bridgehead atoms. The molecule has 6 heteroatoms. The van der Waals surface area contributed by atoms with Gasteiger partial charge in [0.05, 0.1) is 11.2 Å². The van der Waals surface area contributed by atoms with E-state index in [4.69, 9.17) is 0 Å². The van der Waals surface area contributed by atoms with E-state index in [-0.39, 0.29) is 23.5 Å². The molecule has 1 aromatic heterocycles. The molecule has 3 aromatic rings. The van der Waals surface area contributed by atoms with E-state index in [1.165, 1.54) is 24.3 Å². The summed E-state index contributed by atoms with van der Waals surface area (Å²) in [5, 5.41) is 3.45. The van der Waals surface area contributed by atoms with Gasteiger partial charge in [0.2, 0.25) is 5.91 Å². The quantitative estimate of drug-likeness (QED) is 0.742. The first kappa shape index (κ1) is 18.3. The molecule has 0 spiro atoms. The maximum absolute atomic E-state index is 13.9. The zero-order chi connectivity index (χ0) is 19.7. The van der Waals surface area contributed by atoms with Gasteiger partial charge >= 0.3 is 0 Å². The highest BCUT2D eigenvalue weighted by Crippen LogP contribution is 2.34. The Hall–Kier alpha value is -3.02. The minimum Gasteiger partial charge on any atom is -0.371 e. The summed E-state index contributed by atoms with van der Waals surface area (Å²) in [6.07, 6.45) is 1.48. The van der Waals surface area contributed by atoms with E-state index in [2.05, 4.69) is 15.2 Å². The summed E-state index contributed by atoms with van der Waals surface area (Å²) >= 11 is 0. The molecule has 1 aliphatic heterocycles. The SMILES string of the molecule is CNC(=O)C1CCN(c2cc(-c3ccc(F)cc3)nc3ccc(F)cc23)CC1. The first-order valence-corrected chi connectivity index (χ1v) is 9.38. The molecule has 0 saturated carbocycles. The molecular weight excluding hydrogens is 360 g/mol. The Labute approximate surface area is 162 Å². The largest absolute Gasteiger partial charge is 0.371 e. The van der Waals surface area contributed by atoms with Gasteiger partial charge in [-0.1, -0.05) is 0 Å². The van der Waals surface area contributed by atoms with Crippen LogP contribution in [0.1, 0.15) is 12.8 Å². The second-order valence-electron chi connectivity index (χ2n) is 7.07. The van der Waals surface area contributed by atoms with Crippen LogP contribution in [0.2, 0.25) is 0 Å². The van der Waals surface area contributed by atoms with Crippen LogP contribution < -0.4 is 10.2 Å². The molecule has 0 radical (unpaired) electrons. The molecule has 0 atom stereocenters. The Kier molecular flexibility index (Phi) is 4.94. The Bertz CT molecular complexity index is 1010. The van der Waals surface area contributed by atoms with E-state index in [1.54, 1.807) is 25.2 Å². The van der Waals surface area contributed by atoms with Crippen molar-refractivity contribution in [1.29, 1.82) is 0 Å². The van der Waals surface area contributed by atoms with Crippen molar-refractivity contribution in [2.45, 2.75) is 12.8 Å². The monoisotopic (exact) mass is 381 g/mol. The summed E-state index contributed by atoms with van der Waals surface area (Å²) in [6.45, 7) is 1.41. The number of rotatable bonds is 3. The molecular formula is C22H21F2N3O. The van der Waals surface area contributed by atoms with Crippen LogP contribution in [0.3, 0.4) is 0 Å². The predicted octanol–water partition coefficient (Wildman–Crippen LogP) is 4.14. The number of fused-ring (bicyclic) bond motifs is 1. The van der Waals surface area contributed by atoms with Crippen LogP contribution in [0.15, 0.2) is 48.5 Å². The number of nitrogens with zero attached hydrogens (tertiary/aromatic N) is 2. The summed E-state index contributed by atoms with van der Waals surface area (Å²) in [6, 6.07) is 12.7. The number of halogens is 2. The third-order valence-electron chi connectivity index (χ3n) is 5.34. The molecule has 1 fully saturated rings. The van der Waals surface area contributed by atoms with Gasteiger partial charge in [0.25, 0.3) is 0 Å². The van der Waals surface area contributed by atoms with E-state index in [0.717, 1.165) is 29.5 Å². The number of benzene rings is 2. The highest BCUT2D eigenvalue weighted by Gasteiger charge is 2.25. The number of aromatic nitrogens is 1. The second-order valence-corrected chi connectivity index (χ2v) is 7.07. The molecule has 1 N–H and O–H groups in total. The highest BCUT2D eigenvalue weighted by molar-refractivity contribution is 5.94. The molecule has 0 aliphatic carbocycles. The minimum absolute atomic E-state index is 0.00246. The van der Waals surface area contributed by atoms with Gasteiger partial charge in [-0.05, 0) is 61.4 Å². The second kappa shape index (κ2) is 7.54. The lowest BCUT2D eigenvalue weighted by atomic mass is 9.95. The fraction of sp³-hybridized carbons (Fsp3) is 0.273. The van der Waals surface area contributed by atoms with Gasteiger partial charge in [0.15, 0.2) is 0 Å². The third-order valence-corrected chi connectivity index (χ3v) is 5.34. The van der Waals surface area contributed by atoms with Gasteiger partial charge < -0.3 is 10.2 Å². The predicted molar refractivity (Wildman–Crippen MR) is 106 cm³/mol. The van der Waals surface area contributed by atoms with Crippen LogP contribution in [-0.4, -0.2) is 31.0 Å². The zero-order valence-electron chi connectivity index (χ0n) is 15.6. The van der Waals surface area contributed by atoms with Crippen molar-refractivity contribution in [3.63, 3.8) is 0 Å². The van der Waals surface area contributed by atoms with E-state index >= 15 is 0 Å². The number of anilines is 1. The van der Waals surface area contributed by atoms with Crippen LogP contribution in [0.5, 0.6) is 0 Å². The van der Waals surface area contributed by atoms with Gasteiger partial charge in [0, 0.05) is 42.7 Å². The van der Waals surface area contributed by atoms with Gasteiger partial charge in [0.1, 0.15) is 11.6 Å². The maximum Gasteiger partial charge on any atom is 0.222 e. The number of hydrogen-bond donors (Lipinski definition) is 1. The van der Waals surface area contributed by atoms with Crippen LogP contribution in [0.25, 0.3) is 22.2 Å². The Morgan fingerprint density at radius 2 is 1.71 bits per heavy atom. The van der Waals surface area contributed by atoms with Crippen molar-refractivity contribution in [3.8, 4) is 11.3 Å². The topological polar surface area (TPSA) is 45.2 Å². The molecule has 28 heavy (non-hydrogen) atoms. The van der Waals surface area contributed by atoms with Gasteiger partial charge in [-0.3, -0.25) is 4.79 Å². The lowest BCUT2D eigenvalue weighted by Crippen LogP contribution is -2.39. The Balaban J connectivity index is 1.74. The summed E-state index contributed by atoms with van der Waals surface area (Å²) in [7, 11) is 1.66. The van der Waals surface area contributed by atoms with E-state index < -0.39 is 0 Å². The molecule has 1 saturated heterocycles. The minimum atomic E-state index is -0.315. The fourth-order valence-electron chi connectivity index (χ4n) is 3.80. The summed E-state index contributed by atoms with van der Waals surface area (Å²) in [5.41, 5.74) is 3.09. The first-order chi connectivity index (χ1) is 13.5. The van der Waals surface area contributed by atoms with Crippen molar-refractivity contribution in [3.05, 3.63) is 60.2 Å². The molecule has 1 aliphatic rings. The average Bonchev–Trinajstić information content (AvgIpc) is 2.73. The highest BCUT2D eigenvalue weighted by atomic mass is 19.1. The lowest BCUT2D eigenvalue weighted by Gasteiger charge is -2.33. The molecule has 2 heterocycles. The molecule has 144 valence electrons. The number of carbonyl (C=O) groups excluding carboxylic acids is 1. The average molecular weight is 381 g/mol. The normalized spacial score (nSPS) is 15.0. The van der Waals surface area contributed by atoms with Crippen LogP contribution >= 0.6 is 0 Å². The maximum atomic E-state index is 13.9. The fourth-order valence-corrected chi connectivity index (χ4v) is 3.80. The number of pyridine rings is 1. The number of carbonyl (C=O) groups is 1. The van der Waals surface area contributed by atoms with Gasteiger partial charge in [-0.15, -0.1) is 0 Å².